The average molecular weight is 1340 g/mol. The van der Waals surface area contributed by atoms with Crippen molar-refractivity contribution in [2.24, 2.45) is 0 Å². The molecule has 0 bridgehead atoms. The van der Waals surface area contributed by atoms with E-state index in [9.17, 15) is 0 Å². The van der Waals surface area contributed by atoms with Crippen LogP contribution in [0.1, 0.15) is 61.2 Å². The van der Waals surface area contributed by atoms with Gasteiger partial charge in [-0.05, 0) is 51.1 Å². The van der Waals surface area contributed by atoms with E-state index in [1.165, 1.54) is 0 Å². The Kier molecular flexibility index (Phi) is 25.0. The number of hydrogen-bond donors (Lipinski definition) is 0. The van der Waals surface area contributed by atoms with Gasteiger partial charge >= 0.3 is 5.97 Å². The Morgan fingerprint density at radius 3 is 1.13 bits per heavy atom. The topological polar surface area (TPSA) is 165 Å². The Morgan fingerprint density at radius 2 is 0.687 bits per heavy atom. The number of rotatable bonds is 31. The molecule has 17 nitrogen and oxygen atoms in total. The molecule has 0 saturated carbocycles. The number of methoxy groups -OCH3 is 1. The lowest BCUT2D eigenvalue weighted by molar-refractivity contribution is -0.410. The zero-order chi connectivity index (χ0) is 67.2. The van der Waals surface area contributed by atoms with Gasteiger partial charge < -0.3 is 75.8 Å². The second kappa shape index (κ2) is 35.8. The molecule has 0 radical (unpaired) electrons. The van der Waals surface area contributed by atoms with Gasteiger partial charge in [-0.1, -0.05) is 261 Å². The lowest BCUT2D eigenvalue weighted by atomic mass is 9.94. The molecule has 514 valence electrons. The van der Waals surface area contributed by atoms with Gasteiger partial charge in [-0.15, -0.1) is 0 Å². The number of fused-ring (bicyclic) bond motifs is 1. The van der Waals surface area contributed by atoms with E-state index in [2.05, 4.69) is 0 Å². The number of carbonyl (C=O) groups excluding carboxylic acids is 1. The third-order valence-electron chi connectivity index (χ3n) is 17.8. The molecule has 4 aliphatic rings. The molecule has 99 heavy (non-hydrogen) atoms. The molecule has 0 aromatic heterocycles. The van der Waals surface area contributed by atoms with Crippen molar-refractivity contribution in [3.05, 3.63) is 323 Å². The molecule has 4 saturated heterocycles. The van der Waals surface area contributed by atoms with Crippen LogP contribution in [0, 0.1) is 0 Å². The van der Waals surface area contributed by atoms with Crippen LogP contribution < -0.4 is 0 Å². The summed E-state index contributed by atoms with van der Waals surface area (Å²) < 4.78 is 113. The van der Waals surface area contributed by atoms with Gasteiger partial charge in [-0.3, -0.25) is 0 Å². The largest absolute Gasteiger partial charge is 0.450 e. The van der Waals surface area contributed by atoms with Gasteiger partial charge in [0.25, 0.3) is 0 Å². The van der Waals surface area contributed by atoms with Crippen molar-refractivity contribution < 1.29 is 80.6 Å². The lowest BCUT2D eigenvalue weighted by Crippen LogP contribution is -2.69. The van der Waals surface area contributed by atoms with E-state index < -0.39 is 104 Å². The fourth-order valence-electron chi connectivity index (χ4n) is 12.8. The van der Waals surface area contributed by atoms with Gasteiger partial charge in [0.1, 0.15) is 67.1 Å². The summed E-state index contributed by atoms with van der Waals surface area (Å²) in [5.41, 5.74) is 7.41. The molecule has 9 aromatic carbocycles. The second-order valence-electron chi connectivity index (χ2n) is 24.8. The standard InChI is InChI=1S/C82H84O17/c1-84-80-75(90-52-62-39-21-7-22-40-62)73(89-51-61-37-19-6-20-38-61)70(67(93-80)55-86-48-58-31-13-3-14-32-58)98-82-77(96-78(83)64-43-25-9-26-44-64)74(71-68(95-82)56-92-79(97-71)65-45-27-10-28-46-65)99-81-76(91-53-63-41-23-8-24-42-63)72(88-50-60-35-17-5-18-36-60)69(87-49-59-33-15-4-16-34-59)66(94-81)54-85-47-57-29-11-2-12-30-57/h2-46,66-77,79-82H,47-56H2,1H3/t66-,67-,68-,69+,70-,71+,72+,73+,74+,75-,76-,77-,79+,80-,81-,82+/m1/s1. The van der Waals surface area contributed by atoms with Crippen LogP contribution in [0.15, 0.2) is 273 Å². The summed E-state index contributed by atoms with van der Waals surface area (Å²) in [6.45, 7) is 1.25. The fraction of sp³-hybridized carbons (Fsp3) is 0.329. The molecule has 0 N–H and O–H groups in total. The first-order valence-corrected chi connectivity index (χ1v) is 33.9. The number of esters is 1. The third kappa shape index (κ3) is 18.8. The molecule has 0 aliphatic carbocycles. The second-order valence-corrected chi connectivity index (χ2v) is 24.8. The molecule has 9 aromatic rings. The zero-order valence-corrected chi connectivity index (χ0v) is 55.2. The van der Waals surface area contributed by atoms with E-state index in [0.717, 1.165) is 44.5 Å². The van der Waals surface area contributed by atoms with Gasteiger partial charge in [0.15, 0.2) is 31.3 Å². The molecule has 16 atom stereocenters. The Bertz CT molecular complexity index is 3760. The molecular formula is C82H84O17. The maximum absolute atomic E-state index is 15.3. The van der Waals surface area contributed by atoms with Crippen molar-refractivity contribution in [1.82, 2.24) is 0 Å². The van der Waals surface area contributed by atoms with Crippen molar-refractivity contribution in [3.63, 3.8) is 0 Å². The Morgan fingerprint density at radius 1 is 0.343 bits per heavy atom. The summed E-state index contributed by atoms with van der Waals surface area (Å²) in [7, 11) is 1.57. The summed E-state index contributed by atoms with van der Waals surface area (Å²) in [6.07, 6.45) is -17.2. The van der Waals surface area contributed by atoms with Crippen LogP contribution in [0.2, 0.25) is 0 Å². The maximum atomic E-state index is 15.3. The third-order valence-corrected chi connectivity index (χ3v) is 17.8. The van der Waals surface area contributed by atoms with Crippen LogP contribution in [0.25, 0.3) is 0 Å². The van der Waals surface area contributed by atoms with E-state index in [4.69, 9.17) is 75.8 Å². The predicted molar refractivity (Wildman–Crippen MR) is 366 cm³/mol. The molecule has 4 fully saturated rings. The van der Waals surface area contributed by atoms with Crippen LogP contribution in [0.4, 0.5) is 0 Å². The highest BCUT2D eigenvalue weighted by atomic mass is 16.8. The molecule has 0 spiro atoms. The summed E-state index contributed by atoms with van der Waals surface area (Å²) in [4.78, 5) is 15.3. The van der Waals surface area contributed by atoms with Gasteiger partial charge in [0.2, 0.25) is 0 Å². The molecule has 4 heterocycles. The number of hydrogen-bond acceptors (Lipinski definition) is 17. The van der Waals surface area contributed by atoms with Crippen molar-refractivity contribution in [3.8, 4) is 0 Å². The van der Waals surface area contributed by atoms with Crippen molar-refractivity contribution in [1.29, 1.82) is 0 Å². The first-order chi connectivity index (χ1) is 49.0. The average Bonchev–Trinajstić information content (AvgIpc) is 0.758. The van der Waals surface area contributed by atoms with Crippen molar-refractivity contribution >= 4 is 5.97 Å². The van der Waals surface area contributed by atoms with E-state index in [1.54, 1.807) is 31.4 Å². The first kappa shape index (κ1) is 69.3. The van der Waals surface area contributed by atoms with Gasteiger partial charge in [-0.25, -0.2) is 4.79 Å². The quantitative estimate of drug-likeness (QED) is 0.0376. The van der Waals surface area contributed by atoms with E-state index in [0.29, 0.717) is 0 Å². The first-order valence-electron chi connectivity index (χ1n) is 33.9. The predicted octanol–water partition coefficient (Wildman–Crippen LogP) is 13.3. The zero-order valence-electron chi connectivity index (χ0n) is 55.2. The van der Waals surface area contributed by atoms with Crippen molar-refractivity contribution in [2.45, 2.75) is 145 Å². The summed E-state index contributed by atoms with van der Waals surface area (Å²) in [6, 6.07) is 87.5. The van der Waals surface area contributed by atoms with Crippen LogP contribution in [-0.2, 0) is 122 Å². The minimum absolute atomic E-state index is 0.0177. The Balaban J connectivity index is 0.931. The normalized spacial score (nSPS) is 26.8. The minimum Gasteiger partial charge on any atom is -0.450 e. The summed E-state index contributed by atoms with van der Waals surface area (Å²) >= 11 is 0. The summed E-state index contributed by atoms with van der Waals surface area (Å²) in [5, 5.41) is 0. The van der Waals surface area contributed by atoms with E-state index in [1.807, 2.05) is 249 Å². The SMILES string of the molecule is CO[C@@H]1O[C@H](COCc2ccccc2)[C@@H](O[C@@H]2O[C@@H]3CO[C@H](c4ccccc4)O[C@@H]3[C@H](O[C@H]3O[C@H](COCc4ccccc4)[C@H](OCc4ccccc4)[C@H](OCc4ccccc4)[C@H]3OCc3ccccc3)[C@H]2OC(=O)c2ccccc2)[C@H](OCc2ccccc2)[C@H]1OCc1ccccc1. The number of benzene rings is 9. The number of carbonyl (C=O) groups is 1. The molecule has 0 amide bonds. The Hall–Kier alpha value is -8.15. The highest BCUT2D eigenvalue weighted by Gasteiger charge is 2.59. The number of ether oxygens (including phenoxy) is 16. The highest BCUT2D eigenvalue weighted by Crippen LogP contribution is 2.42. The molecule has 0 unspecified atom stereocenters. The highest BCUT2D eigenvalue weighted by molar-refractivity contribution is 5.89. The van der Waals surface area contributed by atoms with Crippen molar-refractivity contribution in [2.75, 3.05) is 26.9 Å². The fourth-order valence-corrected chi connectivity index (χ4v) is 12.8. The minimum atomic E-state index is -1.50. The molecule has 4 aliphatic heterocycles. The smallest absolute Gasteiger partial charge is 0.338 e. The Labute approximate surface area is 578 Å². The summed E-state index contributed by atoms with van der Waals surface area (Å²) in [5.74, 6) is -0.702. The van der Waals surface area contributed by atoms with Crippen LogP contribution in [0.3, 0.4) is 0 Å². The van der Waals surface area contributed by atoms with Crippen LogP contribution >= 0.6 is 0 Å². The maximum Gasteiger partial charge on any atom is 0.338 e. The molecule has 13 rings (SSSR count). The monoisotopic (exact) mass is 1340 g/mol. The van der Waals surface area contributed by atoms with Gasteiger partial charge in [0, 0.05) is 12.7 Å². The van der Waals surface area contributed by atoms with E-state index >= 15 is 4.79 Å². The lowest BCUT2D eigenvalue weighted by Gasteiger charge is -2.53. The van der Waals surface area contributed by atoms with E-state index in [-0.39, 0.29) is 71.6 Å². The van der Waals surface area contributed by atoms with Crippen LogP contribution in [0.5, 0.6) is 0 Å². The van der Waals surface area contributed by atoms with Gasteiger partial charge in [-0.2, -0.15) is 0 Å². The van der Waals surface area contributed by atoms with Gasteiger partial charge in [0.05, 0.1) is 71.6 Å². The molecular weight excluding hydrogens is 1260 g/mol. The molecule has 17 heteroatoms. The van der Waals surface area contributed by atoms with Crippen LogP contribution in [-0.4, -0.2) is 125 Å².